The molecule has 0 fully saturated rings. The minimum absolute atomic E-state index is 0.0724. The first-order valence-corrected chi connectivity index (χ1v) is 4.35. The van der Waals surface area contributed by atoms with Crippen LogP contribution in [0.3, 0.4) is 0 Å². The Morgan fingerprint density at radius 3 is 2.69 bits per heavy atom. The lowest BCUT2D eigenvalue weighted by Crippen LogP contribution is -2.12. The van der Waals surface area contributed by atoms with E-state index in [1.807, 2.05) is 0 Å². The van der Waals surface area contributed by atoms with Crippen molar-refractivity contribution >= 4 is 15.9 Å². The predicted octanol–water partition coefficient (Wildman–Crippen LogP) is 2.26. The zero-order valence-electron chi connectivity index (χ0n) is 6.60. The molecular weight excluding hydrogens is 244 g/mol. The molecule has 0 radical (unpaired) electrons. The van der Waals surface area contributed by atoms with Gasteiger partial charge in [-0.15, -0.1) is 0 Å². The fourth-order valence-corrected chi connectivity index (χ4v) is 1.26. The highest BCUT2D eigenvalue weighted by Crippen LogP contribution is 2.30. The van der Waals surface area contributed by atoms with Crippen molar-refractivity contribution in [3.63, 3.8) is 0 Å². The van der Waals surface area contributed by atoms with Gasteiger partial charge in [-0.25, -0.2) is 8.78 Å². The summed E-state index contributed by atoms with van der Waals surface area (Å²) in [7, 11) is 0. The average Bonchev–Trinajstić information content (AvgIpc) is 2.13. The van der Waals surface area contributed by atoms with Crippen LogP contribution in [0.1, 0.15) is 11.6 Å². The van der Waals surface area contributed by atoms with Gasteiger partial charge in [0.05, 0.1) is 10.5 Å². The van der Waals surface area contributed by atoms with Gasteiger partial charge in [0, 0.05) is 5.56 Å². The number of phenolic OH excluding ortho intramolecular Hbond substituents is 1. The fourth-order valence-electron chi connectivity index (χ4n) is 0.937. The first-order valence-electron chi connectivity index (χ1n) is 3.56. The van der Waals surface area contributed by atoms with Gasteiger partial charge >= 0.3 is 0 Å². The van der Waals surface area contributed by atoms with Crippen molar-refractivity contribution in [2.45, 2.75) is 6.04 Å². The van der Waals surface area contributed by atoms with Crippen LogP contribution in [0.15, 0.2) is 16.6 Å². The highest BCUT2D eigenvalue weighted by Gasteiger charge is 2.15. The van der Waals surface area contributed by atoms with Crippen LogP contribution in [-0.2, 0) is 0 Å². The quantitative estimate of drug-likeness (QED) is 0.847. The van der Waals surface area contributed by atoms with Crippen molar-refractivity contribution in [3.05, 3.63) is 28.0 Å². The number of aromatic hydroxyl groups is 1. The van der Waals surface area contributed by atoms with E-state index in [9.17, 15) is 13.9 Å². The minimum Gasteiger partial charge on any atom is -0.505 e. The van der Waals surface area contributed by atoms with Crippen LogP contribution >= 0.6 is 15.9 Å². The van der Waals surface area contributed by atoms with E-state index in [-0.39, 0.29) is 10.0 Å². The number of benzene rings is 1. The van der Waals surface area contributed by atoms with Crippen LogP contribution in [0.2, 0.25) is 0 Å². The number of nitrogens with two attached hydrogens (primary N) is 1. The van der Waals surface area contributed by atoms with E-state index in [1.54, 1.807) is 0 Å². The molecule has 1 aromatic carbocycles. The summed E-state index contributed by atoms with van der Waals surface area (Å²) in [6.45, 7) is -0.839. The van der Waals surface area contributed by atoms with E-state index in [1.165, 1.54) is 12.1 Å². The second kappa shape index (κ2) is 4.02. The molecule has 0 unspecified atom stereocenters. The predicted molar refractivity (Wildman–Crippen MR) is 48.7 cm³/mol. The van der Waals surface area contributed by atoms with E-state index >= 15 is 0 Å². The maximum atomic E-state index is 13.0. The topological polar surface area (TPSA) is 46.2 Å². The SMILES string of the molecule is N[C@@H](CF)c1ccc(Br)c(F)c1O. The molecule has 0 amide bonds. The number of hydrogen-bond donors (Lipinski definition) is 2. The molecule has 1 aromatic rings. The summed E-state index contributed by atoms with van der Waals surface area (Å²) in [5, 5.41) is 9.23. The molecule has 1 rings (SSSR count). The molecule has 0 aromatic heterocycles. The Labute approximate surface area is 82.5 Å². The molecule has 3 N–H and O–H groups in total. The number of halogens is 3. The first-order chi connectivity index (χ1) is 6.07. The Bertz CT molecular complexity index is 319. The molecule has 72 valence electrons. The Morgan fingerprint density at radius 1 is 1.54 bits per heavy atom. The van der Waals surface area contributed by atoms with E-state index in [4.69, 9.17) is 5.73 Å². The number of hydrogen-bond acceptors (Lipinski definition) is 2. The smallest absolute Gasteiger partial charge is 0.179 e. The van der Waals surface area contributed by atoms with Crippen LogP contribution < -0.4 is 5.73 Å². The summed E-state index contributed by atoms with van der Waals surface area (Å²) in [6.07, 6.45) is 0. The Balaban J connectivity index is 3.18. The second-order valence-corrected chi connectivity index (χ2v) is 3.41. The molecule has 0 bridgehead atoms. The first kappa shape index (κ1) is 10.4. The summed E-state index contributed by atoms with van der Waals surface area (Å²) >= 11 is 2.88. The summed E-state index contributed by atoms with van der Waals surface area (Å²) in [5.74, 6) is -1.42. The molecule has 0 saturated carbocycles. The van der Waals surface area contributed by atoms with Crippen LogP contribution in [-0.4, -0.2) is 11.8 Å². The lowest BCUT2D eigenvalue weighted by atomic mass is 10.1. The van der Waals surface area contributed by atoms with Crippen molar-refractivity contribution in [2.75, 3.05) is 6.67 Å². The molecule has 13 heavy (non-hydrogen) atoms. The van der Waals surface area contributed by atoms with Crippen LogP contribution in [0, 0.1) is 5.82 Å². The maximum absolute atomic E-state index is 13.0. The molecule has 0 aliphatic carbocycles. The largest absolute Gasteiger partial charge is 0.505 e. The summed E-state index contributed by atoms with van der Waals surface area (Å²) in [4.78, 5) is 0. The van der Waals surface area contributed by atoms with Gasteiger partial charge in [0.25, 0.3) is 0 Å². The molecule has 5 heteroatoms. The normalized spacial score (nSPS) is 12.9. The van der Waals surface area contributed by atoms with E-state index < -0.39 is 24.3 Å². The molecule has 0 heterocycles. The highest BCUT2D eigenvalue weighted by atomic mass is 79.9. The third-order valence-electron chi connectivity index (χ3n) is 1.67. The minimum atomic E-state index is -0.984. The molecular formula is C8H8BrF2NO. The monoisotopic (exact) mass is 251 g/mol. The van der Waals surface area contributed by atoms with Gasteiger partial charge < -0.3 is 10.8 Å². The van der Waals surface area contributed by atoms with Gasteiger partial charge in [-0.05, 0) is 22.0 Å². The van der Waals surface area contributed by atoms with Crippen molar-refractivity contribution < 1.29 is 13.9 Å². The average molecular weight is 252 g/mol. The van der Waals surface area contributed by atoms with Crippen LogP contribution in [0.5, 0.6) is 5.75 Å². The third kappa shape index (κ3) is 1.97. The summed E-state index contributed by atoms with van der Waals surface area (Å²) in [6, 6.07) is 1.77. The van der Waals surface area contributed by atoms with E-state index in [2.05, 4.69) is 15.9 Å². The lowest BCUT2D eigenvalue weighted by molar-refractivity contribution is 0.395. The zero-order chi connectivity index (χ0) is 10.0. The fraction of sp³-hybridized carbons (Fsp3) is 0.250. The standard InChI is InChI=1S/C8H8BrF2NO/c9-5-2-1-4(6(12)3-10)8(13)7(5)11/h1-2,6,13H,3,12H2/t6-/m0/s1. The van der Waals surface area contributed by atoms with Gasteiger partial charge in [-0.1, -0.05) is 6.07 Å². The zero-order valence-corrected chi connectivity index (χ0v) is 8.18. The third-order valence-corrected chi connectivity index (χ3v) is 2.28. The van der Waals surface area contributed by atoms with E-state index in [0.29, 0.717) is 0 Å². The van der Waals surface area contributed by atoms with Crippen molar-refractivity contribution in [1.82, 2.24) is 0 Å². The Hall–Kier alpha value is -0.680. The number of rotatable bonds is 2. The molecule has 0 spiro atoms. The molecule has 0 aliphatic heterocycles. The molecule has 0 saturated heterocycles. The Morgan fingerprint density at radius 2 is 2.15 bits per heavy atom. The Kier molecular flexibility index (Phi) is 3.22. The maximum Gasteiger partial charge on any atom is 0.179 e. The molecule has 1 atom stereocenters. The molecule has 2 nitrogen and oxygen atoms in total. The summed E-state index contributed by atoms with van der Waals surface area (Å²) in [5.41, 5.74) is 5.37. The second-order valence-electron chi connectivity index (χ2n) is 2.56. The van der Waals surface area contributed by atoms with Gasteiger partial charge in [0.15, 0.2) is 11.6 Å². The van der Waals surface area contributed by atoms with Crippen molar-refractivity contribution in [1.29, 1.82) is 0 Å². The molecule has 0 aliphatic rings. The van der Waals surface area contributed by atoms with Gasteiger partial charge in [0.2, 0.25) is 0 Å². The number of alkyl halides is 1. The van der Waals surface area contributed by atoms with Crippen molar-refractivity contribution in [3.8, 4) is 5.75 Å². The van der Waals surface area contributed by atoms with Gasteiger partial charge in [-0.2, -0.15) is 0 Å². The lowest BCUT2D eigenvalue weighted by Gasteiger charge is -2.10. The van der Waals surface area contributed by atoms with Crippen LogP contribution in [0.25, 0.3) is 0 Å². The summed E-state index contributed by atoms with van der Waals surface area (Å²) < 4.78 is 25.3. The number of phenols is 1. The van der Waals surface area contributed by atoms with E-state index in [0.717, 1.165) is 0 Å². The highest BCUT2D eigenvalue weighted by molar-refractivity contribution is 9.10. The van der Waals surface area contributed by atoms with Crippen LogP contribution in [0.4, 0.5) is 8.78 Å². The van der Waals surface area contributed by atoms with Gasteiger partial charge in [-0.3, -0.25) is 0 Å². The van der Waals surface area contributed by atoms with Crippen molar-refractivity contribution in [2.24, 2.45) is 5.73 Å². The van der Waals surface area contributed by atoms with Gasteiger partial charge in [0.1, 0.15) is 6.67 Å².